The van der Waals surface area contributed by atoms with Crippen molar-refractivity contribution in [2.75, 3.05) is 26.4 Å². The first-order valence-corrected chi connectivity index (χ1v) is 17.3. The first-order chi connectivity index (χ1) is 25.4. The quantitative estimate of drug-likeness (QED) is 0.0294. The molecule has 0 bridgehead atoms. The van der Waals surface area contributed by atoms with Crippen LogP contribution in [-0.2, 0) is 19.1 Å². The molecular formula is C42H46O10. The Labute approximate surface area is 305 Å². The van der Waals surface area contributed by atoms with Gasteiger partial charge >= 0.3 is 23.9 Å². The molecule has 0 amide bonds. The molecule has 0 saturated heterocycles. The van der Waals surface area contributed by atoms with E-state index in [1.54, 1.807) is 72.8 Å². The number of allylic oxidation sites excluding steroid dienone is 2. The lowest BCUT2D eigenvalue weighted by molar-refractivity contribution is -0.137. The summed E-state index contributed by atoms with van der Waals surface area (Å²) in [4.78, 5) is 47.2. The Kier molecular flexibility index (Phi) is 18.9. The van der Waals surface area contributed by atoms with Crippen molar-refractivity contribution in [3.8, 4) is 23.0 Å². The van der Waals surface area contributed by atoms with E-state index in [0.717, 1.165) is 63.5 Å². The van der Waals surface area contributed by atoms with E-state index >= 15 is 0 Å². The van der Waals surface area contributed by atoms with Crippen LogP contribution in [0.2, 0.25) is 0 Å². The fraction of sp³-hybridized carbons (Fsp3) is 0.286. The molecule has 0 radical (unpaired) electrons. The van der Waals surface area contributed by atoms with E-state index in [1.807, 2.05) is 24.3 Å². The van der Waals surface area contributed by atoms with Gasteiger partial charge in [0.25, 0.3) is 0 Å². The third-order valence-electron chi connectivity index (χ3n) is 7.30. The van der Waals surface area contributed by atoms with Crippen molar-refractivity contribution in [3.63, 3.8) is 0 Å². The summed E-state index contributed by atoms with van der Waals surface area (Å²) in [5.41, 5.74) is 0.742. The summed E-state index contributed by atoms with van der Waals surface area (Å²) in [5.74, 6) is 0.0249. The van der Waals surface area contributed by atoms with Gasteiger partial charge in [0.2, 0.25) is 0 Å². The standard InChI is InChI=1S/C42H46O10/c1-3-39(43)49-31-15-11-7-5-9-13-29-47-35-21-17-33(18-22-35)41(45)51-37-25-27-38(28-26-37)52-42(46)34-19-23-36(24-20-34)48-30-14-10-6-8-12-16-32-50-40(44)4-2/h3-4,11-12,15-28H,1-2,5-10,13-14,29-32H2/b15-11+,16-12+. The molecular weight excluding hydrogens is 664 g/mol. The van der Waals surface area contributed by atoms with Crippen molar-refractivity contribution in [2.24, 2.45) is 0 Å². The van der Waals surface area contributed by atoms with Gasteiger partial charge in [-0.25, -0.2) is 19.2 Å². The number of benzene rings is 3. The highest BCUT2D eigenvalue weighted by Gasteiger charge is 2.12. The van der Waals surface area contributed by atoms with Gasteiger partial charge in [0, 0.05) is 12.2 Å². The average Bonchev–Trinajstić information content (AvgIpc) is 3.17. The third-order valence-corrected chi connectivity index (χ3v) is 7.30. The van der Waals surface area contributed by atoms with E-state index in [4.69, 9.17) is 28.4 Å². The van der Waals surface area contributed by atoms with Crippen LogP contribution in [0.1, 0.15) is 72.1 Å². The number of carbonyl (C=O) groups is 4. The van der Waals surface area contributed by atoms with E-state index in [-0.39, 0.29) is 13.2 Å². The maximum absolute atomic E-state index is 12.6. The Hall–Kier alpha value is -5.90. The Morgan fingerprint density at radius 1 is 0.462 bits per heavy atom. The molecule has 0 fully saturated rings. The molecule has 0 atom stereocenters. The lowest BCUT2D eigenvalue weighted by atomic mass is 10.2. The molecule has 10 nitrogen and oxygen atoms in total. The second-order valence-electron chi connectivity index (χ2n) is 11.3. The van der Waals surface area contributed by atoms with Gasteiger partial charge in [-0.15, -0.1) is 0 Å². The van der Waals surface area contributed by atoms with Gasteiger partial charge in [0.05, 0.1) is 24.3 Å². The monoisotopic (exact) mass is 710 g/mol. The molecule has 52 heavy (non-hydrogen) atoms. The Balaban J connectivity index is 1.29. The molecule has 10 heteroatoms. The van der Waals surface area contributed by atoms with Crippen LogP contribution in [0, 0.1) is 0 Å². The summed E-state index contributed by atoms with van der Waals surface area (Å²) in [6.45, 7) is 8.31. The van der Waals surface area contributed by atoms with Crippen LogP contribution >= 0.6 is 0 Å². The number of rotatable bonds is 24. The van der Waals surface area contributed by atoms with Gasteiger partial charge in [-0.3, -0.25) is 0 Å². The van der Waals surface area contributed by atoms with Crippen LogP contribution in [0.15, 0.2) is 122 Å². The average molecular weight is 711 g/mol. The highest BCUT2D eigenvalue weighted by molar-refractivity contribution is 5.92. The fourth-order valence-corrected chi connectivity index (χ4v) is 4.49. The molecule has 0 N–H and O–H groups in total. The zero-order valence-electron chi connectivity index (χ0n) is 29.4. The minimum absolute atomic E-state index is 0.249. The van der Waals surface area contributed by atoms with E-state index in [0.29, 0.717) is 47.3 Å². The predicted molar refractivity (Wildman–Crippen MR) is 198 cm³/mol. The van der Waals surface area contributed by atoms with Gasteiger partial charge in [-0.2, -0.15) is 0 Å². The van der Waals surface area contributed by atoms with Crippen molar-refractivity contribution in [1.29, 1.82) is 0 Å². The van der Waals surface area contributed by atoms with Crippen molar-refractivity contribution in [2.45, 2.75) is 51.4 Å². The summed E-state index contributed by atoms with van der Waals surface area (Å²) in [7, 11) is 0. The molecule has 0 aliphatic heterocycles. The first kappa shape index (κ1) is 40.5. The maximum atomic E-state index is 12.6. The fourth-order valence-electron chi connectivity index (χ4n) is 4.49. The summed E-state index contributed by atoms with van der Waals surface area (Å²) < 4.78 is 32.2. The van der Waals surface area contributed by atoms with Gasteiger partial charge < -0.3 is 28.4 Å². The zero-order valence-corrected chi connectivity index (χ0v) is 29.4. The van der Waals surface area contributed by atoms with E-state index in [2.05, 4.69) is 13.2 Å². The number of carbonyl (C=O) groups excluding carboxylic acids is 4. The van der Waals surface area contributed by atoms with Crippen LogP contribution in [0.3, 0.4) is 0 Å². The first-order valence-electron chi connectivity index (χ1n) is 17.3. The molecule has 0 aromatic heterocycles. The molecule has 0 spiro atoms. The number of hydrogen-bond donors (Lipinski definition) is 0. The van der Waals surface area contributed by atoms with Crippen molar-refractivity contribution in [3.05, 3.63) is 134 Å². The number of hydrogen-bond acceptors (Lipinski definition) is 10. The van der Waals surface area contributed by atoms with E-state index in [9.17, 15) is 19.2 Å². The van der Waals surface area contributed by atoms with Crippen molar-refractivity contribution < 1.29 is 47.6 Å². The van der Waals surface area contributed by atoms with Crippen LogP contribution in [-0.4, -0.2) is 50.3 Å². The minimum Gasteiger partial charge on any atom is -0.494 e. The van der Waals surface area contributed by atoms with Gasteiger partial charge in [0.1, 0.15) is 36.2 Å². The zero-order chi connectivity index (χ0) is 37.2. The van der Waals surface area contributed by atoms with Gasteiger partial charge in [-0.05, 0) is 124 Å². The number of ether oxygens (including phenoxy) is 6. The smallest absolute Gasteiger partial charge is 0.343 e. The summed E-state index contributed by atoms with van der Waals surface area (Å²) in [5, 5.41) is 0. The summed E-state index contributed by atoms with van der Waals surface area (Å²) in [6, 6.07) is 19.7. The second-order valence-corrected chi connectivity index (χ2v) is 11.3. The normalized spacial score (nSPS) is 10.8. The SMILES string of the molecule is C=CC(=O)OC/C=C/CCCCCOc1ccc(C(=O)Oc2ccc(OC(=O)c3ccc(OCCCCC/C=C/COC(=O)C=C)cc3)cc2)cc1. The van der Waals surface area contributed by atoms with E-state index < -0.39 is 23.9 Å². The van der Waals surface area contributed by atoms with Crippen LogP contribution < -0.4 is 18.9 Å². The predicted octanol–water partition coefficient (Wildman–Crippen LogP) is 8.57. The lowest BCUT2D eigenvalue weighted by Crippen LogP contribution is -2.09. The van der Waals surface area contributed by atoms with Gasteiger partial charge in [0.15, 0.2) is 0 Å². The molecule has 0 aliphatic rings. The van der Waals surface area contributed by atoms with Crippen LogP contribution in [0.25, 0.3) is 0 Å². The highest BCUT2D eigenvalue weighted by Crippen LogP contribution is 2.22. The summed E-state index contributed by atoms with van der Waals surface area (Å²) >= 11 is 0. The Morgan fingerprint density at radius 3 is 1.19 bits per heavy atom. The lowest BCUT2D eigenvalue weighted by Gasteiger charge is -2.09. The maximum Gasteiger partial charge on any atom is 0.343 e. The Bertz CT molecular complexity index is 1500. The Morgan fingerprint density at radius 2 is 0.827 bits per heavy atom. The van der Waals surface area contributed by atoms with Crippen molar-refractivity contribution in [1.82, 2.24) is 0 Å². The largest absolute Gasteiger partial charge is 0.494 e. The number of unbranched alkanes of at least 4 members (excludes halogenated alkanes) is 6. The summed E-state index contributed by atoms with van der Waals surface area (Å²) in [6.07, 6.45) is 17.4. The molecule has 0 saturated carbocycles. The van der Waals surface area contributed by atoms with Gasteiger partial charge in [-0.1, -0.05) is 37.5 Å². The van der Waals surface area contributed by atoms with Crippen molar-refractivity contribution >= 4 is 23.9 Å². The molecule has 0 unspecified atom stereocenters. The molecule has 0 heterocycles. The molecule has 274 valence electrons. The minimum atomic E-state index is -0.524. The number of esters is 4. The molecule has 3 aromatic carbocycles. The second kappa shape index (κ2) is 24.3. The van der Waals surface area contributed by atoms with Crippen LogP contribution in [0.4, 0.5) is 0 Å². The third kappa shape index (κ3) is 16.7. The highest BCUT2D eigenvalue weighted by atomic mass is 16.5. The molecule has 0 aliphatic carbocycles. The molecule has 3 aromatic rings. The van der Waals surface area contributed by atoms with Crippen LogP contribution in [0.5, 0.6) is 23.0 Å². The molecule has 3 rings (SSSR count). The van der Waals surface area contributed by atoms with E-state index in [1.165, 1.54) is 0 Å². The topological polar surface area (TPSA) is 124 Å².